The number of carbonyl (C=O) groups is 2. The smallest absolute Gasteiger partial charge is 0.271 e. The number of hydrogen-bond donors (Lipinski definition) is 0. The molecular weight excluding hydrogens is 330 g/mol. The summed E-state index contributed by atoms with van der Waals surface area (Å²) < 4.78 is 3.98. The Morgan fingerprint density at radius 2 is 1.96 bits per heavy atom. The first-order valence-electron chi connectivity index (χ1n) is 9.46. The van der Waals surface area contributed by atoms with Crippen molar-refractivity contribution in [1.29, 1.82) is 0 Å². The van der Waals surface area contributed by atoms with E-state index < -0.39 is 0 Å². The SMILES string of the molecule is CC(=O)c1cc(C(=O)N2CCCC2c2nnc3n2CCCCC3)n(C)c1. The molecule has 0 aromatic carbocycles. The monoisotopic (exact) mass is 355 g/mol. The molecule has 138 valence electrons. The number of fused-ring (bicyclic) bond motifs is 1. The van der Waals surface area contributed by atoms with E-state index >= 15 is 0 Å². The Bertz CT molecular complexity index is 850. The number of hydrogen-bond acceptors (Lipinski definition) is 4. The third-order valence-corrected chi connectivity index (χ3v) is 5.58. The van der Waals surface area contributed by atoms with E-state index in [2.05, 4.69) is 14.8 Å². The van der Waals surface area contributed by atoms with Gasteiger partial charge in [-0.3, -0.25) is 9.59 Å². The molecule has 0 spiro atoms. The number of likely N-dealkylation sites (tertiary alicyclic amines) is 1. The predicted molar refractivity (Wildman–Crippen MR) is 96.0 cm³/mol. The zero-order valence-corrected chi connectivity index (χ0v) is 15.4. The molecule has 2 aromatic rings. The molecule has 4 heterocycles. The van der Waals surface area contributed by atoms with Gasteiger partial charge in [0, 0.05) is 38.3 Å². The molecule has 1 fully saturated rings. The average Bonchev–Trinajstić information content (AvgIpc) is 3.29. The molecule has 0 N–H and O–H groups in total. The lowest BCUT2D eigenvalue weighted by atomic mass is 10.2. The molecule has 1 amide bonds. The van der Waals surface area contributed by atoms with Crippen LogP contribution < -0.4 is 0 Å². The fourth-order valence-electron chi connectivity index (χ4n) is 4.15. The van der Waals surface area contributed by atoms with Crippen molar-refractivity contribution in [2.24, 2.45) is 7.05 Å². The summed E-state index contributed by atoms with van der Waals surface area (Å²) in [5, 5.41) is 8.86. The van der Waals surface area contributed by atoms with Gasteiger partial charge in [0.2, 0.25) is 0 Å². The highest BCUT2D eigenvalue weighted by Gasteiger charge is 2.35. The second-order valence-electron chi connectivity index (χ2n) is 7.37. The van der Waals surface area contributed by atoms with Crippen molar-refractivity contribution in [3.05, 3.63) is 35.2 Å². The fourth-order valence-corrected chi connectivity index (χ4v) is 4.15. The molecule has 4 rings (SSSR count). The second kappa shape index (κ2) is 6.70. The van der Waals surface area contributed by atoms with Gasteiger partial charge in [-0.15, -0.1) is 10.2 Å². The van der Waals surface area contributed by atoms with Crippen LogP contribution in [0, 0.1) is 0 Å². The summed E-state index contributed by atoms with van der Waals surface area (Å²) in [4.78, 5) is 26.7. The highest BCUT2D eigenvalue weighted by molar-refractivity contribution is 5.99. The van der Waals surface area contributed by atoms with Gasteiger partial charge in [-0.1, -0.05) is 6.42 Å². The topological polar surface area (TPSA) is 73.0 Å². The molecule has 1 saturated heterocycles. The van der Waals surface area contributed by atoms with Gasteiger partial charge in [0.15, 0.2) is 11.6 Å². The summed E-state index contributed by atoms with van der Waals surface area (Å²) in [7, 11) is 1.81. The Labute approximate surface area is 153 Å². The van der Waals surface area contributed by atoms with E-state index in [1.165, 1.54) is 13.3 Å². The van der Waals surface area contributed by atoms with Gasteiger partial charge in [0.1, 0.15) is 11.5 Å². The first kappa shape index (κ1) is 17.0. The van der Waals surface area contributed by atoms with Crippen LogP contribution in [0.15, 0.2) is 12.3 Å². The van der Waals surface area contributed by atoms with Crippen LogP contribution in [0.25, 0.3) is 0 Å². The van der Waals surface area contributed by atoms with E-state index in [0.717, 1.165) is 50.3 Å². The summed E-state index contributed by atoms with van der Waals surface area (Å²) >= 11 is 0. The molecule has 1 atom stereocenters. The number of nitrogens with zero attached hydrogens (tertiary/aromatic N) is 5. The van der Waals surface area contributed by atoms with E-state index in [1.807, 2.05) is 11.9 Å². The molecule has 7 nitrogen and oxygen atoms in total. The normalized spacial score (nSPS) is 20.1. The van der Waals surface area contributed by atoms with Crippen LogP contribution in [0.5, 0.6) is 0 Å². The molecule has 0 radical (unpaired) electrons. The lowest BCUT2D eigenvalue weighted by Crippen LogP contribution is -2.33. The lowest BCUT2D eigenvalue weighted by Gasteiger charge is -2.25. The van der Waals surface area contributed by atoms with Gasteiger partial charge in [0.25, 0.3) is 5.91 Å². The van der Waals surface area contributed by atoms with Crippen molar-refractivity contribution in [3.63, 3.8) is 0 Å². The fraction of sp³-hybridized carbons (Fsp3) is 0.579. The summed E-state index contributed by atoms with van der Waals surface area (Å²) in [6.07, 6.45) is 8.07. The Balaban J connectivity index is 1.64. The lowest BCUT2D eigenvalue weighted by molar-refractivity contribution is 0.0717. The zero-order valence-electron chi connectivity index (χ0n) is 15.4. The Kier molecular flexibility index (Phi) is 4.38. The average molecular weight is 355 g/mol. The standard InChI is InChI=1S/C19H25N5O2/c1-13(25)14-11-16(22(2)12-14)19(26)23-10-6-7-15(23)18-21-20-17-8-4-3-5-9-24(17)18/h11-12,15H,3-10H2,1-2H3. The van der Waals surface area contributed by atoms with Crippen LogP contribution in [0.1, 0.15) is 77.6 Å². The summed E-state index contributed by atoms with van der Waals surface area (Å²) in [5.74, 6) is 1.91. The Morgan fingerprint density at radius 1 is 1.12 bits per heavy atom. The third kappa shape index (κ3) is 2.85. The maximum absolute atomic E-state index is 13.2. The molecule has 0 saturated carbocycles. The molecule has 2 aliphatic heterocycles. The second-order valence-corrected chi connectivity index (χ2v) is 7.37. The first-order chi connectivity index (χ1) is 12.6. The van der Waals surface area contributed by atoms with Crippen molar-refractivity contribution in [2.75, 3.05) is 6.54 Å². The molecule has 1 unspecified atom stereocenters. The van der Waals surface area contributed by atoms with Gasteiger partial charge in [0.05, 0.1) is 6.04 Å². The minimum atomic E-state index is -0.0338. The summed E-state index contributed by atoms with van der Waals surface area (Å²) in [6.45, 7) is 3.18. The minimum absolute atomic E-state index is 0.0274. The van der Waals surface area contributed by atoms with Gasteiger partial charge < -0.3 is 14.0 Å². The molecule has 2 aliphatic rings. The van der Waals surface area contributed by atoms with Crippen molar-refractivity contribution < 1.29 is 9.59 Å². The van der Waals surface area contributed by atoms with Crippen LogP contribution in [-0.4, -0.2) is 42.5 Å². The quantitative estimate of drug-likeness (QED) is 0.793. The number of ketones is 1. The minimum Gasteiger partial charge on any atom is -0.346 e. The Hall–Kier alpha value is -2.44. The van der Waals surface area contributed by atoms with Crippen LogP contribution in [0.3, 0.4) is 0 Å². The molecule has 2 aromatic heterocycles. The van der Waals surface area contributed by atoms with E-state index in [9.17, 15) is 9.59 Å². The predicted octanol–water partition coefficient (Wildman–Crippen LogP) is 2.52. The number of aryl methyl sites for hydroxylation is 2. The largest absolute Gasteiger partial charge is 0.346 e. The number of aromatic nitrogens is 4. The maximum Gasteiger partial charge on any atom is 0.271 e. The number of rotatable bonds is 3. The van der Waals surface area contributed by atoms with Crippen LogP contribution >= 0.6 is 0 Å². The zero-order chi connectivity index (χ0) is 18.3. The van der Waals surface area contributed by atoms with Gasteiger partial charge in [-0.05, 0) is 38.7 Å². The molecule has 0 aliphatic carbocycles. The number of Topliss-reactive ketones (excluding diaryl/α,β-unsaturated/α-hetero) is 1. The van der Waals surface area contributed by atoms with Crippen molar-refractivity contribution in [1.82, 2.24) is 24.2 Å². The van der Waals surface area contributed by atoms with Crippen LogP contribution in [0.2, 0.25) is 0 Å². The van der Waals surface area contributed by atoms with Crippen molar-refractivity contribution >= 4 is 11.7 Å². The number of carbonyl (C=O) groups excluding carboxylic acids is 2. The Morgan fingerprint density at radius 3 is 2.73 bits per heavy atom. The van der Waals surface area contributed by atoms with Crippen LogP contribution in [0.4, 0.5) is 0 Å². The summed E-state index contributed by atoms with van der Waals surface area (Å²) in [6, 6.07) is 1.67. The number of amides is 1. The summed E-state index contributed by atoms with van der Waals surface area (Å²) in [5.41, 5.74) is 1.13. The van der Waals surface area contributed by atoms with E-state index in [4.69, 9.17) is 0 Å². The van der Waals surface area contributed by atoms with Gasteiger partial charge >= 0.3 is 0 Å². The van der Waals surface area contributed by atoms with E-state index in [0.29, 0.717) is 17.8 Å². The third-order valence-electron chi connectivity index (χ3n) is 5.58. The van der Waals surface area contributed by atoms with Crippen molar-refractivity contribution in [2.45, 2.75) is 58.0 Å². The highest BCUT2D eigenvalue weighted by atomic mass is 16.2. The molecule has 0 bridgehead atoms. The molecule has 26 heavy (non-hydrogen) atoms. The maximum atomic E-state index is 13.2. The van der Waals surface area contributed by atoms with E-state index in [1.54, 1.807) is 16.8 Å². The van der Waals surface area contributed by atoms with E-state index in [-0.39, 0.29) is 17.7 Å². The van der Waals surface area contributed by atoms with Gasteiger partial charge in [-0.25, -0.2) is 0 Å². The van der Waals surface area contributed by atoms with Crippen LogP contribution in [-0.2, 0) is 20.0 Å². The molecule has 7 heteroatoms. The molecular formula is C19H25N5O2. The highest BCUT2D eigenvalue weighted by Crippen LogP contribution is 2.33. The first-order valence-corrected chi connectivity index (χ1v) is 9.46. The van der Waals surface area contributed by atoms with Crippen molar-refractivity contribution in [3.8, 4) is 0 Å². The van der Waals surface area contributed by atoms with Gasteiger partial charge in [-0.2, -0.15) is 0 Å².